The summed E-state index contributed by atoms with van der Waals surface area (Å²) in [6.45, 7) is 3.48. The number of hydrogen-bond donors (Lipinski definition) is 1. The second kappa shape index (κ2) is 5.16. The van der Waals surface area contributed by atoms with Crippen LogP contribution in [0.2, 0.25) is 0 Å². The van der Waals surface area contributed by atoms with Crippen molar-refractivity contribution in [3.05, 3.63) is 53.2 Å². The third-order valence-corrected chi connectivity index (χ3v) is 3.89. The van der Waals surface area contributed by atoms with Crippen LogP contribution in [0.4, 0.5) is 14.6 Å². The summed E-state index contributed by atoms with van der Waals surface area (Å²) in [5.74, 6) is -1.80. The number of aryl methyl sites for hydroxylation is 2. The van der Waals surface area contributed by atoms with Crippen LogP contribution in [0.25, 0.3) is 0 Å². The van der Waals surface area contributed by atoms with Crippen LogP contribution < -0.4 is 4.72 Å². The number of sulfonamides is 1. The summed E-state index contributed by atoms with van der Waals surface area (Å²) in [6.07, 6.45) is 0. The summed E-state index contributed by atoms with van der Waals surface area (Å²) < 4.78 is 52.8. The Morgan fingerprint density at radius 1 is 1.10 bits per heavy atom. The molecule has 1 N–H and O–H groups in total. The van der Waals surface area contributed by atoms with Crippen LogP contribution in [0.3, 0.4) is 0 Å². The number of rotatable bonds is 3. The van der Waals surface area contributed by atoms with E-state index in [-0.39, 0.29) is 5.82 Å². The van der Waals surface area contributed by atoms with Gasteiger partial charge in [0.15, 0.2) is 0 Å². The number of pyridine rings is 1. The Bertz CT molecular complexity index is 741. The van der Waals surface area contributed by atoms with Crippen molar-refractivity contribution in [1.29, 1.82) is 0 Å². The van der Waals surface area contributed by atoms with Gasteiger partial charge in [-0.05, 0) is 49.7 Å². The molecule has 0 atom stereocenters. The molecule has 0 saturated heterocycles. The number of hydrogen-bond acceptors (Lipinski definition) is 3. The van der Waals surface area contributed by atoms with E-state index in [1.165, 1.54) is 6.07 Å². The minimum atomic E-state index is -4.23. The molecule has 4 nitrogen and oxygen atoms in total. The van der Waals surface area contributed by atoms with Crippen molar-refractivity contribution in [2.24, 2.45) is 0 Å². The third-order valence-electron chi connectivity index (χ3n) is 2.52. The number of nitrogens with zero attached hydrogens (tertiary/aromatic N) is 1. The van der Waals surface area contributed by atoms with Gasteiger partial charge in [-0.1, -0.05) is 0 Å². The fraction of sp³-hybridized carbons (Fsp3) is 0.154. The molecule has 2 aromatic rings. The largest absolute Gasteiger partial charge is 0.266 e. The third kappa shape index (κ3) is 3.11. The number of aromatic nitrogens is 1. The van der Waals surface area contributed by atoms with Gasteiger partial charge < -0.3 is 0 Å². The van der Waals surface area contributed by atoms with Gasteiger partial charge in [-0.15, -0.1) is 0 Å². The van der Waals surface area contributed by atoms with Crippen molar-refractivity contribution in [2.45, 2.75) is 18.7 Å². The first-order valence-electron chi connectivity index (χ1n) is 5.71. The lowest BCUT2D eigenvalue weighted by Gasteiger charge is -2.09. The Morgan fingerprint density at radius 2 is 1.80 bits per heavy atom. The topological polar surface area (TPSA) is 59.1 Å². The highest BCUT2D eigenvalue weighted by atomic mass is 32.2. The zero-order valence-electron chi connectivity index (χ0n) is 10.8. The van der Waals surface area contributed by atoms with Crippen LogP contribution in [0.1, 0.15) is 11.3 Å². The predicted molar refractivity (Wildman–Crippen MR) is 70.9 cm³/mol. The molecule has 1 aromatic carbocycles. The van der Waals surface area contributed by atoms with Crippen molar-refractivity contribution in [2.75, 3.05) is 4.72 Å². The van der Waals surface area contributed by atoms with E-state index in [9.17, 15) is 17.2 Å². The highest BCUT2D eigenvalue weighted by Gasteiger charge is 2.20. The summed E-state index contributed by atoms with van der Waals surface area (Å²) in [5.41, 5.74) is 1.41. The van der Waals surface area contributed by atoms with E-state index in [2.05, 4.69) is 9.71 Å². The van der Waals surface area contributed by atoms with Crippen LogP contribution in [0.5, 0.6) is 0 Å². The quantitative estimate of drug-likeness (QED) is 0.948. The molecule has 0 aliphatic carbocycles. The van der Waals surface area contributed by atoms with E-state index in [1.54, 1.807) is 19.9 Å². The summed E-state index contributed by atoms with van der Waals surface area (Å²) >= 11 is 0. The highest BCUT2D eigenvalue weighted by molar-refractivity contribution is 7.92. The fourth-order valence-electron chi connectivity index (χ4n) is 1.77. The molecule has 2 rings (SSSR count). The molecule has 0 aliphatic rings. The smallest absolute Gasteiger partial charge is 0.263 e. The molecule has 1 heterocycles. The van der Waals surface area contributed by atoms with E-state index in [0.717, 1.165) is 17.7 Å². The number of anilines is 1. The highest BCUT2D eigenvalue weighted by Crippen LogP contribution is 2.19. The first-order chi connectivity index (χ1) is 9.28. The molecule has 7 heteroatoms. The van der Waals surface area contributed by atoms with E-state index in [0.29, 0.717) is 11.8 Å². The minimum Gasteiger partial charge on any atom is -0.263 e. The van der Waals surface area contributed by atoms with Crippen molar-refractivity contribution >= 4 is 15.8 Å². The van der Waals surface area contributed by atoms with Crippen molar-refractivity contribution < 1.29 is 17.2 Å². The Kier molecular flexibility index (Phi) is 3.71. The average molecular weight is 298 g/mol. The lowest BCUT2D eigenvalue weighted by molar-refractivity contribution is 0.555. The molecule has 0 radical (unpaired) electrons. The first-order valence-corrected chi connectivity index (χ1v) is 7.19. The van der Waals surface area contributed by atoms with Gasteiger partial charge in [0.25, 0.3) is 10.0 Å². The van der Waals surface area contributed by atoms with Crippen LogP contribution in [0, 0.1) is 25.5 Å². The van der Waals surface area contributed by atoms with Crippen molar-refractivity contribution in [3.8, 4) is 0 Å². The van der Waals surface area contributed by atoms with Gasteiger partial charge in [-0.25, -0.2) is 22.2 Å². The number of nitrogens with one attached hydrogen (secondary N) is 1. The van der Waals surface area contributed by atoms with Gasteiger partial charge in [0.05, 0.1) is 0 Å². The van der Waals surface area contributed by atoms with E-state index in [4.69, 9.17) is 0 Å². The Balaban J connectivity index is 2.43. The molecule has 0 amide bonds. The van der Waals surface area contributed by atoms with Gasteiger partial charge in [0.2, 0.25) is 0 Å². The Labute approximate surface area is 115 Å². The molecule has 1 aromatic heterocycles. The molecule has 0 saturated carbocycles. The average Bonchev–Trinajstić information content (AvgIpc) is 2.30. The summed E-state index contributed by atoms with van der Waals surface area (Å²) in [7, 11) is -4.23. The van der Waals surface area contributed by atoms with E-state index < -0.39 is 26.6 Å². The van der Waals surface area contributed by atoms with Gasteiger partial charge in [-0.3, -0.25) is 4.72 Å². The number of halogens is 2. The van der Waals surface area contributed by atoms with Crippen molar-refractivity contribution in [1.82, 2.24) is 4.98 Å². The normalized spacial score (nSPS) is 11.4. The van der Waals surface area contributed by atoms with Crippen LogP contribution in [0.15, 0.2) is 35.2 Å². The second-order valence-corrected chi connectivity index (χ2v) is 6.00. The maximum absolute atomic E-state index is 13.5. The van der Waals surface area contributed by atoms with Gasteiger partial charge >= 0.3 is 0 Å². The minimum absolute atomic E-state index is 0.0613. The molecule has 0 spiro atoms. The molecule has 0 bridgehead atoms. The molecule has 106 valence electrons. The van der Waals surface area contributed by atoms with Crippen LogP contribution in [-0.4, -0.2) is 13.4 Å². The van der Waals surface area contributed by atoms with Crippen LogP contribution >= 0.6 is 0 Å². The summed E-state index contributed by atoms with van der Waals surface area (Å²) in [5, 5.41) is 0. The predicted octanol–water partition coefficient (Wildman–Crippen LogP) is 2.78. The Hall–Kier alpha value is -2.02. The van der Waals surface area contributed by atoms with Gasteiger partial charge in [0, 0.05) is 5.69 Å². The molecule has 0 unspecified atom stereocenters. The lowest BCUT2D eigenvalue weighted by Crippen LogP contribution is -2.16. The molecule has 0 aliphatic heterocycles. The molecular formula is C13H12F2N2O2S. The van der Waals surface area contributed by atoms with E-state index in [1.807, 2.05) is 0 Å². The first kappa shape index (κ1) is 14.4. The number of benzene rings is 1. The molecule has 20 heavy (non-hydrogen) atoms. The molecular weight excluding hydrogens is 286 g/mol. The Morgan fingerprint density at radius 3 is 2.45 bits per heavy atom. The maximum Gasteiger partial charge on any atom is 0.266 e. The SMILES string of the molecule is Cc1cc(C)nc(NS(=O)(=O)c2cc(F)ccc2F)c1. The monoisotopic (exact) mass is 298 g/mol. The van der Waals surface area contributed by atoms with Gasteiger partial charge in [0.1, 0.15) is 22.3 Å². The van der Waals surface area contributed by atoms with Gasteiger partial charge in [-0.2, -0.15) is 0 Å². The maximum atomic E-state index is 13.5. The zero-order valence-corrected chi connectivity index (χ0v) is 11.6. The van der Waals surface area contributed by atoms with Crippen LogP contribution in [-0.2, 0) is 10.0 Å². The standard InChI is InChI=1S/C13H12F2N2O2S/c1-8-5-9(2)16-13(6-8)17-20(18,19)12-7-10(14)3-4-11(12)15/h3-7H,1-2H3,(H,16,17). The fourth-order valence-corrected chi connectivity index (χ4v) is 2.85. The molecule has 0 fully saturated rings. The summed E-state index contributed by atoms with van der Waals surface area (Å²) in [6, 6.07) is 5.50. The van der Waals surface area contributed by atoms with E-state index >= 15 is 0 Å². The zero-order chi connectivity index (χ0) is 14.9. The van der Waals surface area contributed by atoms with Crippen molar-refractivity contribution in [3.63, 3.8) is 0 Å². The summed E-state index contributed by atoms with van der Waals surface area (Å²) in [4.78, 5) is 3.24. The lowest BCUT2D eigenvalue weighted by atomic mass is 10.2. The second-order valence-electron chi connectivity index (χ2n) is 4.35.